The second kappa shape index (κ2) is 11.0. The van der Waals surface area contributed by atoms with Crippen LogP contribution in [0, 0.1) is 11.8 Å². The summed E-state index contributed by atoms with van der Waals surface area (Å²) in [6, 6.07) is 10.2. The maximum Gasteiger partial charge on any atom is 0.229 e. The zero-order chi connectivity index (χ0) is 21.5. The molecule has 1 saturated carbocycles. The summed E-state index contributed by atoms with van der Waals surface area (Å²) in [5, 5.41) is 10.5. The fraction of sp³-hybridized carbons (Fsp3) is 0.520. The third kappa shape index (κ3) is 6.20. The molecule has 2 aliphatic rings. The Balaban J connectivity index is 1.44. The number of anilines is 2. The molecular weight excluding hydrogens is 408 g/mol. The van der Waals surface area contributed by atoms with Crippen molar-refractivity contribution in [1.82, 2.24) is 10.3 Å². The van der Waals surface area contributed by atoms with Gasteiger partial charge >= 0.3 is 0 Å². The average Bonchev–Trinajstić information content (AvgIpc) is 3.09. The van der Waals surface area contributed by atoms with Gasteiger partial charge in [0.05, 0.1) is 10.9 Å². The van der Waals surface area contributed by atoms with E-state index in [0.29, 0.717) is 10.8 Å². The van der Waals surface area contributed by atoms with E-state index in [1.54, 1.807) is 6.20 Å². The molecule has 0 radical (unpaired) electrons. The molecule has 0 bridgehead atoms. The molecule has 1 aliphatic carbocycles. The van der Waals surface area contributed by atoms with Crippen molar-refractivity contribution in [2.75, 3.05) is 30.3 Å². The average molecular weight is 441 g/mol. The lowest BCUT2D eigenvalue weighted by atomic mass is 9.99. The number of piperidine rings is 1. The monoisotopic (exact) mass is 440 g/mol. The van der Waals surface area contributed by atoms with Crippen molar-refractivity contribution < 1.29 is 4.79 Å². The molecule has 6 heteroatoms. The lowest BCUT2D eigenvalue weighted by Gasteiger charge is -2.21. The van der Waals surface area contributed by atoms with Crippen LogP contribution < -0.4 is 16.0 Å². The molecule has 2 aromatic rings. The van der Waals surface area contributed by atoms with E-state index < -0.39 is 0 Å². The number of carbonyl (C=O) groups excluding carboxylic acids is 1. The van der Waals surface area contributed by atoms with Crippen LogP contribution in [-0.4, -0.2) is 30.5 Å². The summed E-state index contributed by atoms with van der Waals surface area (Å²) in [6.45, 7) is 2.73. The molecule has 1 aromatic heterocycles. The zero-order valence-corrected chi connectivity index (χ0v) is 18.9. The topological polar surface area (TPSA) is 66.0 Å². The van der Waals surface area contributed by atoms with Gasteiger partial charge in [0.15, 0.2) is 0 Å². The third-order valence-electron chi connectivity index (χ3n) is 6.52. The standard InChI is InChI=1S/C25H33ClN4O/c26-23-17-29-24(30-25(31)20-10-6-12-27-16-20)14-22(23)19-9-5-11-21(13-19)28-15-18-7-3-1-2-4-8-18/h5,9,11,13-14,17-18,20,27-28H,1-4,6-8,10,12,15-16H2,(H,29,30,31)/t20-/m1/s1. The van der Waals surface area contributed by atoms with Crippen LogP contribution in [0.5, 0.6) is 0 Å². The summed E-state index contributed by atoms with van der Waals surface area (Å²) in [6.07, 6.45) is 11.7. The van der Waals surface area contributed by atoms with Crippen LogP contribution >= 0.6 is 11.6 Å². The molecule has 0 unspecified atom stereocenters. The first-order chi connectivity index (χ1) is 15.2. The van der Waals surface area contributed by atoms with E-state index >= 15 is 0 Å². The number of nitrogens with one attached hydrogen (secondary N) is 3. The molecule has 0 spiro atoms. The Labute approximate surface area is 190 Å². The Hall–Kier alpha value is -2.11. The van der Waals surface area contributed by atoms with E-state index in [0.717, 1.165) is 55.2 Å². The van der Waals surface area contributed by atoms with E-state index in [4.69, 9.17) is 11.6 Å². The normalized spacial score (nSPS) is 20.1. The van der Waals surface area contributed by atoms with Gasteiger partial charge in [-0.05, 0) is 61.9 Å². The number of amides is 1. The van der Waals surface area contributed by atoms with Crippen LogP contribution in [0.3, 0.4) is 0 Å². The van der Waals surface area contributed by atoms with Gasteiger partial charge < -0.3 is 16.0 Å². The highest BCUT2D eigenvalue weighted by molar-refractivity contribution is 6.33. The maximum atomic E-state index is 12.6. The second-order valence-corrected chi connectivity index (χ2v) is 9.31. The SMILES string of the molecule is O=C(Nc1cc(-c2cccc(NCC3CCCCCC3)c2)c(Cl)cn1)[C@@H]1CCCNC1. The Morgan fingerprint density at radius 1 is 1.10 bits per heavy atom. The number of halogens is 1. The molecule has 166 valence electrons. The number of aromatic nitrogens is 1. The second-order valence-electron chi connectivity index (χ2n) is 8.90. The summed E-state index contributed by atoms with van der Waals surface area (Å²) in [5.74, 6) is 1.32. The number of pyridine rings is 1. The summed E-state index contributed by atoms with van der Waals surface area (Å²) < 4.78 is 0. The van der Waals surface area contributed by atoms with E-state index in [-0.39, 0.29) is 11.8 Å². The third-order valence-corrected chi connectivity index (χ3v) is 6.82. The summed E-state index contributed by atoms with van der Waals surface area (Å²) in [7, 11) is 0. The highest BCUT2D eigenvalue weighted by atomic mass is 35.5. The minimum absolute atomic E-state index is 0.00815. The first kappa shape index (κ1) is 22.1. The van der Waals surface area contributed by atoms with Gasteiger partial charge in [-0.25, -0.2) is 4.98 Å². The van der Waals surface area contributed by atoms with Crippen molar-refractivity contribution in [3.8, 4) is 11.1 Å². The van der Waals surface area contributed by atoms with E-state index in [1.807, 2.05) is 12.1 Å². The summed E-state index contributed by atoms with van der Waals surface area (Å²) in [5.41, 5.74) is 3.01. The van der Waals surface area contributed by atoms with Crippen LogP contribution in [0.2, 0.25) is 5.02 Å². The van der Waals surface area contributed by atoms with Crippen molar-refractivity contribution in [2.24, 2.45) is 11.8 Å². The van der Waals surface area contributed by atoms with Crippen molar-refractivity contribution in [3.63, 3.8) is 0 Å². The van der Waals surface area contributed by atoms with E-state index in [2.05, 4.69) is 39.1 Å². The minimum atomic E-state index is -0.00815. The molecule has 31 heavy (non-hydrogen) atoms. The number of hydrogen-bond acceptors (Lipinski definition) is 4. The summed E-state index contributed by atoms with van der Waals surface area (Å²) in [4.78, 5) is 16.9. The number of rotatable bonds is 6. The van der Waals surface area contributed by atoms with Gasteiger partial charge in [-0.15, -0.1) is 0 Å². The minimum Gasteiger partial charge on any atom is -0.385 e. The van der Waals surface area contributed by atoms with Gasteiger partial charge in [-0.2, -0.15) is 0 Å². The lowest BCUT2D eigenvalue weighted by molar-refractivity contribution is -0.120. The Morgan fingerprint density at radius 2 is 1.94 bits per heavy atom. The van der Waals surface area contributed by atoms with Crippen LogP contribution in [0.4, 0.5) is 11.5 Å². The fourth-order valence-corrected chi connectivity index (χ4v) is 4.87. The predicted octanol–water partition coefficient (Wildman–Crippen LogP) is 5.72. The number of nitrogens with zero attached hydrogens (tertiary/aromatic N) is 1. The van der Waals surface area contributed by atoms with Crippen molar-refractivity contribution in [3.05, 3.63) is 41.6 Å². The van der Waals surface area contributed by atoms with Crippen molar-refractivity contribution in [2.45, 2.75) is 51.4 Å². The van der Waals surface area contributed by atoms with Crippen LogP contribution in [0.25, 0.3) is 11.1 Å². The molecule has 1 saturated heterocycles. The Morgan fingerprint density at radius 3 is 2.71 bits per heavy atom. The van der Waals surface area contributed by atoms with Gasteiger partial charge in [0.2, 0.25) is 5.91 Å². The lowest BCUT2D eigenvalue weighted by Crippen LogP contribution is -2.37. The summed E-state index contributed by atoms with van der Waals surface area (Å²) >= 11 is 6.48. The number of carbonyl (C=O) groups is 1. The van der Waals surface area contributed by atoms with Gasteiger partial charge in [0.25, 0.3) is 0 Å². The molecule has 1 atom stereocenters. The molecular formula is C25H33ClN4O. The highest BCUT2D eigenvalue weighted by Gasteiger charge is 2.21. The maximum absolute atomic E-state index is 12.6. The van der Waals surface area contributed by atoms with Gasteiger partial charge in [-0.1, -0.05) is 49.4 Å². The molecule has 1 aliphatic heterocycles. The first-order valence-electron chi connectivity index (χ1n) is 11.7. The smallest absolute Gasteiger partial charge is 0.229 e. The van der Waals surface area contributed by atoms with Gasteiger partial charge in [-0.3, -0.25) is 4.79 Å². The fourth-order valence-electron chi connectivity index (χ4n) is 4.66. The van der Waals surface area contributed by atoms with Crippen LogP contribution in [0.1, 0.15) is 51.4 Å². The Bertz CT molecular complexity index is 874. The van der Waals surface area contributed by atoms with E-state index in [1.165, 1.54) is 38.5 Å². The van der Waals surface area contributed by atoms with Crippen molar-refractivity contribution in [1.29, 1.82) is 0 Å². The molecule has 2 heterocycles. The number of hydrogen-bond donors (Lipinski definition) is 3. The molecule has 4 rings (SSSR count). The van der Waals surface area contributed by atoms with Gasteiger partial charge in [0.1, 0.15) is 5.82 Å². The molecule has 1 aromatic carbocycles. The van der Waals surface area contributed by atoms with E-state index in [9.17, 15) is 4.79 Å². The molecule has 3 N–H and O–H groups in total. The molecule has 5 nitrogen and oxygen atoms in total. The largest absolute Gasteiger partial charge is 0.385 e. The van der Waals surface area contributed by atoms with Crippen LogP contribution in [0.15, 0.2) is 36.5 Å². The zero-order valence-electron chi connectivity index (χ0n) is 18.1. The number of benzene rings is 1. The quantitative estimate of drug-likeness (QED) is 0.502. The van der Waals surface area contributed by atoms with Crippen molar-refractivity contribution >= 4 is 29.0 Å². The van der Waals surface area contributed by atoms with Gasteiger partial charge in [0, 0.05) is 30.5 Å². The molecule has 1 amide bonds. The predicted molar refractivity (Wildman–Crippen MR) is 129 cm³/mol. The molecule has 2 fully saturated rings. The first-order valence-corrected chi connectivity index (χ1v) is 12.1. The van der Waals surface area contributed by atoms with Crippen LogP contribution in [-0.2, 0) is 4.79 Å². The highest BCUT2D eigenvalue weighted by Crippen LogP contribution is 2.31. The Kier molecular flexibility index (Phi) is 7.81.